The highest BCUT2D eigenvalue weighted by atomic mass is 35.5. The summed E-state index contributed by atoms with van der Waals surface area (Å²) >= 11 is 7.33. The summed E-state index contributed by atoms with van der Waals surface area (Å²) < 4.78 is 5.02. The van der Waals surface area contributed by atoms with Crippen LogP contribution in [0.4, 0.5) is 5.13 Å². The van der Waals surface area contributed by atoms with Crippen molar-refractivity contribution < 1.29 is 14.6 Å². The average Bonchev–Trinajstić information content (AvgIpc) is 2.74. The lowest BCUT2D eigenvalue weighted by Gasteiger charge is -2.06. The minimum atomic E-state index is -1.05. The predicted molar refractivity (Wildman–Crippen MR) is 70.1 cm³/mol. The van der Waals surface area contributed by atoms with Gasteiger partial charge in [-0.1, -0.05) is 11.6 Å². The fourth-order valence-electron chi connectivity index (χ4n) is 1.34. The van der Waals surface area contributed by atoms with E-state index >= 15 is 0 Å². The zero-order valence-electron chi connectivity index (χ0n) is 9.09. The minimum Gasteiger partial charge on any atom is -0.480 e. The third kappa shape index (κ3) is 2.91. The molecular formula is C11H9ClN2O3S. The SMILES string of the molecule is Nc1nc(-c2ccc(OCC(=O)O)c(Cl)c2)cs1. The number of benzene rings is 1. The summed E-state index contributed by atoms with van der Waals surface area (Å²) in [6.45, 7) is -0.428. The van der Waals surface area contributed by atoms with Crippen molar-refractivity contribution in [2.75, 3.05) is 12.3 Å². The molecule has 1 aromatic carbocycles. The Morgan fingerprint density at radius 1 is 1.56 bits per heavy atom. The number of thiazole rings is 1. The van der Waals surface area contributed by atoms with E-state index in [1.54, 1.807) is 18.2 Å². The number of nitrogens with two attached hydrogens (primary N) is 1. The third-order valence-electron chi connectivity index (χ3n) is 2.10. The lowest BCUT2D eigenvalue weighted by molar-refractivity contribution is -0.139. The molecule has 0 bridgehead atoms. The number of anilines is 1. The van der Waals surface area contributed by atoms with Crippen LogP contribution in [-0.4, -0.2) is 22.7 Å². The Labute approximate surface area is 112 Å². The van der Waals surface area contributed by atoms with Crippen LogP contribution in [0, 0.1) is 0 Å². The van der Waals surface area contributed by atoms with Crippen LogP contribution in [0.5, 0.6) is 5.75 Å². The Kier molecular flexibility index (Phi) is 3.69. The minimum absolute atomic E-state index is 0.325. The molecule has 0 unspecified atom stereocenters. The second-order valence-electron chi connectivity index (χ2n) is 3.40. The molecule has 5 nitrogen and oxygen atoms in total. The number of nitrogen functional groups attached to an aromatic ring is 1. The summed E-state index contributed by atoms with van der Waals surface area (Å²) in [5.74, 6) is -0.728. The molecule has 1 heterocycles. The Morgan fingerprint density at radius 2 is 2.33 bits per heavy atom. The van der Waals surface area contributed by atoms with Crippen LogP contribution in [0.3, 0.4) is 0 Å². The summed E-state index contributed by atoms with van der Waals surface area (Å²) in [4.78, 5) is 14.5. The van der Waals surface area contributed by atoms with Crippen molar-refractivity contribution in [1.29, 1.82) is 0 Å². The van der Waals surface area contributed by atoms with Crippen LogP contribution >= 0.6 is 22.9 Å². The highest BCUT2D eigenvalue weighted by Crippen LogP contribution is 2.31. The van der Waals surface area contributed by atoms with E-state index in [0.29, 0.717) is 15.9 Å². The number of carbonyl (C=O) groups is 1. The van der Waals surface area contributed by atoms with Crippen molar-refractivity contribution >= 4 is 34.0 Å². The van der Waals surface area contributed by atoms with E-state index in [1.165, 1.54) is 11.3 Å². The zero-order chi connectivity index (χ0) is 13.1. The number of aliphatic carboxylic acids is 1. The third-order valence-corrected chi connectivity index (χ3v) is 3.07. The molecule has 7 heteroatoms. The van der Waals surface area contributed by atoms with Gasteiger partial charge in [0.15, 0.2) is 11.7 Å². The van der Waals surface area contributed by atoms with Gasteiger partial charge in [0, 0.05) is 10.9 Å². The monoisotopic (exact) mass is 284 g/mol. The fourth-order valence-corrected chi connectivity index (χ4v) is 2.14. The number of hydrogen-bond donors (Lipinski definition) is 2. The average molecular weight is 285 g/mol. The number of halogens is 1. The molecule has 1 aromatic heterocycles. The van der Waals surface area contributed by atoms with Crippen LogP contribution in [-0.2, 0) is 4.79 Å². The smallest absolute Gasteiger partial charge is 0.341 e. The highest BCUT2D eigenvalue weighted by Gasteiger charge is 2.08. The predicted octanol–water partition coefficient (Wildman–Crippen LogP) is 2.51. The first-order chi connectivity index (χ1) is 8.56. The standard InChI is InChI=1S/C11H9ClN2O3S/c12-7-3-6(8-5-18-11(13)14-8)1-2-9(7)17-4-10(15)16/h1-3,5H,4H2,(H2,13,14)(H,15,16). The van der Waals surface area contributed by atoms with Crippen molar-refractivity contribution in [3.05, 3.63) is 28.6 Å². The second-order valence-corrected chi connectivity index (χ2v) is 4.70. The van der Waals surface area contributed by atoms with Crippen LogP contribution in [0.25, 0.3) is 11.3 Å². The number of carboxylic acid groups (broad SMARTS) is 1. The second kappa shape index (κ2) is 5.24. The molecule has 0 aliphatic rings. The summed E-state index contributed by atoms with van der Waals surface area (Å²) in [6.07, 6.45) is 0. The first kappa shape index (κ1) is 12.7. The molecule has 94 valence electrons. The van der Waals surface area contributed by atoms with Gasteiger partial charge in [0.1, 0.15) is 5.75 Å². The molecule has 2 aromatic rings. The molecule has 0 saturated carbocycles. The summed E-state index contributed by atoms with van der Waals surface area (Å²) in [5, 5.41) is 11.1. The van der Waals surface area contributed by atoms with Crippen molar-refractivity contribution in [3.63, 3.8) is 0 Å². The van der Waals surface area contributed by atoms with Gasteiger partial charge < -0.3 is 15.6 Å². The van der Waals surface area contributed by atoms with E-state index in [2.05, 4.69) is 4.98 Å². The van der Waals surface area contributed by atoms with Crippen molar-refractivity contribution in [3.8, 4) is 17.0 Å². The Morgan fingerprint density at radius 3 is 2.89 bits per heavy atom. The maximum Gasteiger partial charge on any atom is 0.341 e. The zero-order valence-corrected chi connectivity index (χ0v) is 10.7. The number of carboxylic acids is 1. The molecular weight excluding hydrogens is 276 g/mol. The first-order valence-electron chi connectivity index (χ1n) is 4.92. The van der Waals surface area contributed by atoms with E-state index in [1.807, 2.05) is 5.38 Å². The van der Waals surface area contributed by atoms with Gasteiger partial charge in [0.25, 0.3) is 0 Å². The molecule has 18 heavy (non-hydrogen) atoms. The normalized spacial score (nSPS) is 10.3. The molecule has 0 fully saturated rings. The number of nitrogens with zero attached hydrogens (tertiary/aromatic N) is 1. The van der Waals surface area contributed by atoms with Gasteiger partial charge in [0.2, 0.25) is 0 Å². The van der Waals surface area contributed by atoms with Gasteiger partial charge in [-0.2, -0.15) is 0 Å². The van der Waals surface area contributed by atoms with Crippen molar-refractivity contribution in [2.24, 2.45) is 0 Å². The lowest BCUT2D eigenvalue weighted by atomic mass is 10.2. The van der Waals surface area contributed by atoms with Crippen molar-refractivity contribution in [1.82, 2.24) is 4.98 Å². The van der Waals surface area contributed by atoms with Crippen molar-refractivity contribution in [2.45, 2.75) is 0 Å². The molecule has 0 radical (unpaired) electrons. The van der Waals surface area contributed by atoms with E-state index in [0.717, 1.165) is 11.3 Å². The van der Waals surface area contributed by atoms with Crippen LogP contribution in [0.2, 0.25) is 5.02 Å². The summed E-state index contributed by atoms with van der Waals surface area (Å²) in [7, 11) is 0. The van der Waals surface area contributed by atoms with Gasteiger partial charge in [-0.05, 0) is 18.2 Å². The number of ether oxygens (including phenoxy) is 1. The number of rotatable bonds is 4. The highest BCUT2D eigenvalue weighted by molar-refractivity contribution is 7.13. The van der Waals surface area contributed by atoms with Gasteiger partial charge in [-0.25, -0.2) is 9.78 Å². The Bertz CT molecular complexity index is 585. The van der Waals surface area contributed by atoms with Gasteiger partial charge >= 0.3 is 5.97 Å². The molecule has 3 N–H and O–H groups in total. The molecule has 0 amide bonds. The molecule has 0 atom stereocenters. The Balaban J connectivity index is 2.22. The maximum absolute atomic E-state index is 10.4. The lowest BCUT2D eigenvalue weighted by Crippen LogP contribution is -2.09. The van der Waals surface area contributed by atoms with E-state index in [-0.39, 0.29) is 0 Å². The van der Waals surface area contributed by atoms with E-state index in [4.69, 9.17) is 27.2 Å². The molecule has 0 aliphatic carbocycles. The topological polar surface area (TPSA) is 85.4 Å². The molecule has 0 spiro atoms. The quantitative estimate of drug-likeness (QED) is 0.901. The van der Waals surface area contributed by atoms with Crippen LogP contribution in [0.1, 0.15) is 0 Å². The summed E-state index contributed by atoms with van der Waals surface area (Å²) in [6, 6.07) is 5.01. The molecule has 2 rings (SSSR count). The summed E-state index contributed by atoms with van der Waals surface area (Å²) in [5.41, 5.74) is 7.08. The van der Waals surface area contributed by atoms with E-state index < -0.39 is 12.6 Å². The maximum atomic E-state index is 10.4. The largest absolute Gasteiger partial charge is 0.480 e. The molecule has 0 saturated heterocycles. The molecule has 0 aliphatic heterocycles. The van der Waals surface area contributed by atoms with Crippen LogP contribution in [0.15, 0.2) is 23.6 Å². The van der Waals surface area contributed by atoms with Crippen LogP contribution < -0.4 is 10.5 Å². The number of hydrogen-bond acceptors (Lipinski definition) is 5. The van der Waals surface area contributed by atoms with E-state index in [9.17, 15) is 4.79 Å². The number of aromatic nitrogens is 1. The van der Waals surface area contributed by atoms with Gasteiger partial charge in [-0.3, -0.25) is 0 Å². The fraction of sp³-hybridized carbons (Fsp3) is 0.0909. The Hall–Kier alpha value is -1.79. The van der Waals surface area contributed by atoms with Gasteiger partial charge in [0.05, 0.1) is 10.7 Å². The van der Waals surface area contributed by atoms with Gasteiger partial charge in [-0.15, -0.1) is 11.3 Å². The first-order valence-corrected chi connectivity index (χ1v) is 6.17.